The van der Waals surface area contributed by atoms with Crippen LogP contribution in [0.5, 0.6) is 0 Å². The minimum Gasteiger partial charge on any atom is -0.295 e. The van der Waals surface area contributed by atoms with Gasteiger partial charge in [-0.1, -0.05) is 35.3 Å². The van der Waals surface area contributed by atoms with Gasteiger partial charge in [0, 0.05) is 22.0 Å². The molecule has 0 fully saturated rings. The maximum atomic E-state index is 12.9. The average Bonchev–Trinajstić information content (AvgIpc) is 3.27. The van der Waals surface area contributed by atoms with Crippen LogP contribution in [0.15, 0.2) is 76.5 Å². The molecule has 0 bridgehead atoms. The second kappa shape index (κ2) is 9.02. The quantitative estimate of drug-likeness (QED) is 0.294. The molecular weight excluding hydrogens is 487 g/mol. The minimum atomic E-state index is -0.360. The summed E-state index contributed by atoms with van der Waals surface area (Å²) in [5.74, 6) is -0.720. The molecule has 174 valence electrons. The molecule has 3 aromatic carbocycles. The number of nitrogens with zero attached hydrogens (tertiary/aromatic N) is 3. The van der Waals surface area contributed by atoms with Crippen LogP contribution in [-0.4, -0.2) is 32.7 Å². The maximum Gasteiger partial charge on any atom is 0.280 e. The molecule has 2 amide bonds. The van der Waals surface area contributed by atoms with Gasteiger partial charge in [0.25, 0.3) is 17.4 Å². The number of rotatable bonds is 5. The van der Waals surface area contributed by atoms with E-state index in [1.54, 1.807) is 73.7 Å². The number of fused-ring (bicyclic) bond motifs is 1. The number of aliphatic imine (C=N–C) groups is 1. The van der Waals surface area contributed by atoms with Crippen molar-refractivity contribution in [2.75, 3.05) is 0 Å². The Kier molecular flexibility index (Phi) is 5.88. The third-order valence-corrected chi connectivity index (χ3v) is 6.40. The third-order valence-electron chi connectivity index (χ3n) is 5.78. The number of hydrogen-bond donors (Lipinski definition) is 1. The lowest BCUT2D eigenvalue weighted by atomic mass is 10.1. The molecule has 0 radical (unpaired) electrons. The van der Waals surface area contributed by atoms with Crippen molar-refractivity contribution in [2.45, 2.75) is 13.5 Å². The summed E-state index contributed by atoms with van der Waals surface area (Å²) in [6.07, 6.45) is 1.48. The van der Waals surface area contributed by atoms with Crippen molar-refractivity contribution in [2.24, 2.45) is 4.99 Å². The normalized spacial score (nSPS) is 13.2. The van der Waals surface area contributed by atoms with Gasteiger partial charge in [0.05, 0.1) is 34.6 Å². The second-order valence-corrected chi connectivity index (χ2v) is 8.89. The number of nitrogens with one attached hydrogen (secondary N) is 1. The molecule has 1 N–H and O–H groups in total. The van der Waals surface area contributed by atoms with Crippen molar-refractivity contribution in [1.29, 1.82) is 0 Å². The largest absolute Gasteiger partial charge is 0.295 e. The molecule has 0 atom stereocenters. The fraction of sp³-hybridized carbons (Fsp3) is 0.0769. The van der Waals surface area contributed by atoms with Gasteiger partial charge in [0.2, 0.25) is 0 Å². The van der Waals surface area contributed by atoms with Crippen LogP contribution < -0.4 is 5.56 Å². The van der Waals surface area contributed by atoms with Crippen LogP contribution in [0.1, 0.15) is 37.5 Å². The molecule has 7 nitrogen and oxygen atoms in total. The van der Waals surface area contributed by atoms with E-state index in [9.17, 15) is 14.4 Å². The number of halogens is 2. The second-order valence-electron chi connectivity index (χ2n) is 8.04. The standard InChI is InChI=1S/C26H18Cl2N4O3/c1-15-22(26(35)32(30-15)19-9-6-17(27)7-10-19)13-29-18-8-11-23(28)16(12-18)14-31-24(33)20-4-2-3-5-21(20)25(31)34/h2-13,30H,14H2,1H3. The number of aromatic nitrogens is 2. The van der Waals surface area contributed by atoms with Crippen molar-refractivity contribution in [3.8, 4) is 5.69 Å². The Morgan fingerprint density at radius 1 is 0.914 bits per heavy atom. The zero-order valence-corrected chi connectivity index (χ0v) is 20.0. The van der Waals surface area contributed by atoms with Gasteiger partial charge in [0.15, 0.2) is 0 Å². The lowest BCUT2D eigenvalue weighted by Crippen LogP contribution is -2.29. The summed E-state index contributed by atoms with van der Waals surface area (Å²) in [6, 6.07) is 18.6. The van der Waals surface area contributed by atoms with Crippen LogP contribution in [0, 0.1) is 6.92 Å². The smallest absolute Gasteiger partial charge is 0.280 e. The highest BCUT2D eigenvalue weighted by Gasteiger charge is 2.35. The third kappa shape index (κ3) is 4.20. The summed E-state index contributed by atoms with van der Waals surface area (Å²) >= 11 is 12.3. The minimum absolute atomic E-state index is 0.0150. The van der Waals surface area contributed by atoms with Crippen molar-refractivity contribution in [3.63, 3.8) is 0 Å². The van der Waals surface area contributed by atoms with Crippen LogP contribution in [0.4, 0.5) is 5.69 Å². The van der Waals surface area contributed by atoms with Gasteiger partial charge in [-0.2, -0.15) is 0 Å². The Hall–Kier alpha value is -3.94. The van der Waals surface area contributed by atoms with E-state index >= 15 is 0 Å². The molecule has 0 unspecified atom stereocenters. The zero-order chi connectivity index (χ0) is 24.7. The van der Waals surface area contributed by atoms with E-state index in [0.717, 1.165) is 0 Å². The van der Waals surface area contributed by atoms with Crippen molar-refractivity contribution in [3.05, 3.63) is 115 Å². The molecule has 35 heavy (non-hydrogen) atoms. The number of carbonyl (C=O) groups excluding carboxylic acids is 2. The molecule has 5 rings (SSSR count). The van der Waals surface area contributed by atoms with Crippen LogP contribution >= 0.6 is 23.2 Å². The van der Waals surface area contributed by atoms with Gasteiger partial charge in [-0.3, -0.25) is 29.4 Å². The molecular formula is C26H18Cl2N4O3. The summed E-state index contributed by atoms with van der Waals surface area (Å²) in [6.45, 7) is 1.80. The molecule has 0 aliphatic carbocycles. The van der Waals surface area contributed by atoms with Crippen molar-refractivity contribution < 1.29 is 9.59 Å². The number of benzene rings is 3. The highest BCUT2D eigenvalue weighted by Crippen LogP contribution is 2.28. The zero-order valence-electron chi connectivity index (χ0n) is 18.5. The average molecular weight is 505 g/mol. The van der Waals surface area contributed by atoms with Crippen LogP contribution in [0.3, 0.4) is 0 Å². The van der Waals surface area contributed by atoms with Crippen LogP contribution in [0.25, 0.3) is 5.69 Å². The molecule has 1 aliphatic rings. The molecule has 4 aromatic rings. The highest BCUT2D eigenvalue weighted by molar-refractivity contribution is 6.31. The molecule has 0 saturated carbocycles. The Bertz CT molecular complexity index is 1530. The predicted molar refractivity (Wildman–Crippen MR) is 135 cm³/mol. The van der Waals surface area contributed by atoms with Crippen LogP contribution in [0.2, 0.25) is 10.0 Å². The fourth-order valence-electron chi connectivity index (χ4n) is 3.94. The number of aromatic amines is 1. The summed E-state index contributed by atoms with van der Waals surface area (Å²) in [5, 5.41) is 4.02. The van der Waals surface area contributed by atoms with Crippen molar-refractivity contribution >= 4 is 46.9 Å². The number of amides is 2. The lowest BCUT2D eigenvalue weighted by molar-refractivity contribution is 0.0642. The first-order chi connectivity index (χ1) is 16.8. The van der Waals surface area contributed by atoms with E-state index in [1.165, 1.54) is 15.8 Å². The molecule has 1 aliphatic heterocycles. The SMILES string of the molecule is Cc1[nH]n(-c2ccc(Cl)cc2)c(=O)c1C=Nc1ccc(Cl)c(CN2C(=O)c3ccccc3C2=O)c1. The van der Waals surface area contributed by atoms with Gasteiger partial charge < -0.3 is 0 Å². The lowest BCUT2D eigenvalue weighted by Gasteiger charge is -2.15. The monoisotopic (exact) mass is 504 g/mol. The van der Waals surface area contributed by atoms with E-state index in [2.05, 4.69) is 10.1 Å². The van der Waals surface area contributed by atoms with Gasteiger partial charge in [-0.05, 0) is 67.1 Å². The van der Waals surface area contributed by atoms with E-state index < -0.39 is 0 Å². The number of hydrogen-bond acceptors (Lipinski definition) is 4. The van der Waals surface area contributed by atoms with E-state index in [0.29, 0.717) is 49.4 Å². The number of carbonyl (C=O) groups is 2. The van der Waals surface area contributed by atoms with Gasteiger partial charge >= 0.3 is 0 Å². The topological polar surface area (TPSA) is 87.5 Å². The van der Waals surface area contributed by atoms with E-state index in [-0.39, 0.29) is 23.9 Å². The number of aryl methyl sites for hydroxylation is 1. The van der Waals surface area contributed by atoms with E-state index in [4.69, 9.17) is 23.2 Å². The molecule has 2 heterocycles. The van der Waals surface area contributed by atoms with Gasteiger partial charge in [-0.15, -0.1) is 0 Å². The first-order valence-electron chi connectivity index (χ1n) is 10.7. The molecule has 0 saturated heterocycles. The van der Waals surface area contributed by atoms with Crippen molar-refractivity contribution in [1.82, 2.24) is 14.7 Å². The fourth-order valence-corrected chi connectivity index (χ4v) is 4.24. The number of imide groups is 1. The Labute approximate surface area is 210 Å². The molecule has 0 spiro atoms. The van der Waals surface area contributed by atoms with E-state index in [1.807, 2.05) is 0 Å². The molecule has 1 aromatic heterocycles. The Morgan fingerprint density at radius 2 is 1.57 bits per heavy atom. The Morgan fingerprint density at radius 3 is 2.23 bits per heavy atom. The summed E-state index contributed by atoms with van der Waals surface area (Å²) < 4.78 is 1.42. The van der Waals surface area contributed by atoms with Gasteiger partial charge in [-0.25, -0.2) is 4.68 Å². The number of H-pyrrole nitrogens is 1. The predicted octanol–water partition coefficient (Wildman–Crippen LogP) is 5.33. The summed E-state index contributed by atoms with van der Waals surface area (Å²) in [5.41, 5.74) is 3.29. The highest BCUT2D eigenvalue weighted by atomic mass is 35.5. The first kappa shape index (κ1) is 22.8. The van der Waals surface area contributed by atoms with Gasteiger partial charge in [0.1, 0.15) is 0 Å². The van der Waals surface area contributed by atoms with Crippen LogP contribution in [-0.2, 0) is 6.54 Å². The first-order valence-corrected chi connectivity index (χ1v) is 11.4. The summed E-state index contributed by atoms with van der Waals surface area (Å²) in [4.78, 5) is 44.0. The summed E-state index contributed by atoms with van der Waals surface area (Å²) in [7, 11) is 0. The Balaban J connectivity index is 1.41. The molecule has 9 heteroatoms. The maximum absolute atomic E-state index is 12.9.